The lowest BCUT2D eigenvalue weighted by Crippen LogP contribution is -1.92. The van der Waals surface area contributed by atoms with Crippen molar-refractivity contribution in [1.29, 1.82) is 0 Å². The predicted molar refractivity (Wildman–Crippen MR) is 67.6 cm³/mol. The highest BCUT2D eigenvalue weighted by molar-refractivity contribution is 9.10. The number of nitrogen functional groups attached to an aromatic ring is 1. The molecule has 0 amide bonds. The second-order valence-corrected chi connectivity index (χ2v) is 4.35. The maximum atomic E-state index is 5.65. The number of pyridine rings is 1. The number of aromatic nitrogens is 1. The van der Waals surface area contributed by atoms with Crippen LogP contribution < -0.4 is 10.5 Å². The third-order valence-electron chi connectivity index (χ3n) is 2.12. The minimum atomic E-state index is 0.501. The second kappa shape index (κ2) is 4.53. The van der Waals surface area contributed by atoms with Gasteiger partial charge in [-0.2, -0.15) is 0 Å². The summed E-state index contributed by atoms with van der Waals surface area (Å²) >= 11 is 3.40. The fraction of sp³-hybridized carbons (Fsp3) is 0.0833. The van der Waals surface area contributed by atoms with Gasteiger partial charge in [0.2, 0.25) is 5.88 Å². The maximum Gasteiger partial charge on any atom is 0.221 e. The first-order chi connectivity index (χ1) is 7.65. The summed E-state index contributed by atoms with van der Waals surface area (Å²) in [7, 11) is 0. The van der Waals surface area contributed by atoms with Crippen LogP contribution in [0.4, 0.5) is 5.69 Å². The highest BCUT2D eigenvalue weighted by Gasteiger charge is 2.03. The van der Waals surface area contributed by atoms with Crippen LogP contribution in [0.1, 0.15) is 5.56 Å². The standard InChI is InChI=1S/C12H11BrN2O/c1-8-2-3-9(13)6-11(8)16-12-7-10(14)4-5-15-12/h2-7H,1H3,(H2,14,15). The normalized spacial score (nSPS) is 10.1. The van der Waals surface area contributed by atoms with Crippen LogP contribution in [0.3, 0.4) is 0 Å². The van der Waals surface area contributed by atoms with Gasteiger partial charge in [-0.1, -0.05) is 22.0 Å². The van der Waals surface area contributed by atoms with Crippen LogP contribution in [0.25, 0.3) is 0 Å². The number of anilines is 1. The molecule has 0 bridgehead atoms. The van der Waals surface area contributed by atoms with E-state index in [-0.39, 0.29) is 0 Å². The predicted octanol–water partition coefficient (Wildman–Crippen LogP) is 3.53. The summed E-state index contributed by atoms with van der Waals surface area (Å²) in [5.41, 5.74) is 7.34. The zero-order valence-corrected chi connectivity index (χ0v) is 10.4. The number of nitrogens with two attached hydrogens (primary N) is 1. The highest BCUT2D eigenvalue weighted by Crippen LogP contribution is 2.27. The SMILES string of the molecule is Cc1ccc(Br)cc1Oc1cc(N)ccn1. The lowest BCUT2D eigenvalue weighted by molar-refractivity contribution is 0.459. The molecular weight excluding hydrogens is 268 g/mol. The molecular formula is C12H11BrN2O. The molecule has 2 aromatic rings. The summed E-state index contributed by atoms with van der Waals surface area (Å²) in [6.45, 7) is 1.98. The Labute approximate surface area is 102 Å². The van der Waals surface area contributed by atoms with E-state index in [2.05, 4.69) is 20.9 Å². The van der Waals surface area contributed by atoms with Gasteiger partial charge in [-0.05, 0) is 30.7 Å². The van der Waals surface area contributed by atoms with Gasteiger partial charge >= 0.3 is 0 Å². The number of halogens is 1. The Kier molecular flexibility index (Phi) is 3.10. The Balaban J connectivity index is 2.30. The molecule has 2 rings (SSSR count). The van der Waals surface area contributed by atoms with Crippen molar-refractivity contribution < 1.29 is 4.74 Å². The van der Waals surface area contributed by atoms with Crippen LogP contribution in [-0.2, 0) is 0 Å². The molecule has 0 radical (unpaired) electrons. The summed E-state index contributed by atoms with van der Waals surface area (Å²) in [6.07, 6.45) is 1.62. The Morgan fingerprint density at radius 1 is 1.25 bits per heavy atom. The molecule has 2 N–H and O–H groups in total. The Bertz CT molecular complexity index is 514. The van der Waals surface area contributed by atoms with E-state index in [0.717, 1.165) is 15.8 Å². The maximum absolute atomic E-state index is 5.65. The van der Waals surface area contributed by atoms with Gasteiger partial charge in [-0.25, -0.2) is 4.98 Å². The summed E-state index contributed by atoms with van der Waals surface area (Å²) in [4.78, 5) is 4.09. The molecule has 1 aromatic heterocycles. The van der Waals surface area contributed by atoms with Crippen LogP contribution in [0.2, 0.25) is 0 Å². The van der Waals surface area contributed by atoms with Gasteiger partial charge in [-0.3, -0.25) is 0 Å². The zero-order valence-electron chi connectivity index (χ0n) is 8.77. The molecule has 0 aliphatic heterocycles. The summed E-state index contributed by atoms with van der Waals surface area (Å²) in [5.74, 6) is 1.27. The van der Waals surface area contributed by atoms with Crippen LogP contribution in [0.5, 0.6) is 11.6 Å². The van der Waals surface area contributed by atoms with E-state index < -0.39 is 0 Å². The number of benzene rings is 1. The van der Waals surface area contributed by atoms with E-state index in [1.165, 1.54) is 0 Å². The van der Waals surface area contributed by atoms with E-state index in [0.29, 0.717) is 11.6 Å². The topological polar surface area (TPSA) is 48.1 Å². The number of nitrogens with zero attached hydrogens (tertiary/aromatic N) is 1. The van der Waals surface area contributed by atoms with Crippen molar-refractivity contribution in [3.8, 4) is 11.6 Å². The van der Waals surface area contributed by atoms with Gasteiger partial charge in [0.05, 0.1) is 0 Å². The number of aryl methyl sites for hydroxylation is 1. The molecule has 0 fully saturated rings. The zero-order chi connectivity index (χ0) is 11.5. The summed E-state index contributed by atoms with van der Waals surface area (Å²) < 4.78 is 6.62. The van der Waals surface area contributed by atoms with Crippen LogP contribution in [0.15, 0.2) is 41.0 Å². The van der Waals surface area contributed by atoms with Gasteiger partial charge in [0.25, 0.3) is 0 Å². The highest BCUT2D eigenvalue weighted by atomic mass is 79.9. The third kappa shape index (κ3) is 2.52. The molecule has 3 nitrogen and oxygen atoms in total. The molecule has 0 unspecified atom stereocenters. The first kappa shape index (κ1) is 11.0. The molecule has 0 atom stereocenters. The lowest BCUT2D eigenvalue weighted by atomic mass is 10.2. The Hall–Kier alpha value is -1.55. The van der Waals surface area contributed by atoms with Gasteiger partial charge in [0.1, 0.15) is 5.75 Å². The molecule has 0 saturated carbocycles. The van der Waals surface area contributed by atoms with Crippen molar-refractivity contribution in [3.63, 3.8) is 0 Å². The summed E-state index contributed by atoms with van der Waals surface area (Å²) in [6, 6.07) is 9.27. The fourth-order valence-corrected chi connectivity index (χ4v) is 1.62. The molecule has 0 aliphatic rings. The smallest absolute Gasteiger partial charge is 0.221 e. The van der Waals surface area contributed by atoms with Crippen LogP contribution >= 0.6 is 15.9 Å². The minimum absolute atomic E-state index is 0.501. The second-order valence-electron chi connectivity index (χ2n) is 3.44. The van der Waals surface area contributed by atoms with Crippen molar-refractivity contribution >= 4 is 21.6 Å². The molecule has 0 spiro atoms. The van der Waals surface area contributed by atoms with Gasteiger partial charge in [-0.15, -0.1) is 0 Å². The van der Waals surface area contributed by atoms with Gasteiger partial charge < -0.3 is 10.5 Å². The van der Waals surface area contributed by atoms with E-state index in [1.54, 1.807) is 18.3 Å². The van der Waals surface area contributed by atoms with Crippen molar-refractivity contribution in [1.82, 2.24) is 4.98 Å². The molecule has 82 valence electrons. The Morgan fingerprint density at radius 3 is 2.81 bits per heavy atom. The summed E-state index contributed by atoms with van der Waals surface area (Å²) in [5, 5.41) is 0. The number of hydrogen-bond donors (Lipinski definition) is 1. The number of rotatable bonds is 2. The average Bonchev–Trinajstić information content (AvgIpc) is 2.24. The molecule has 1 heterocycles. The van der Waals surface area contributed by atoms with E-state index in [9.17, 15) is 0 Å². The molecule has 1 aromatic carbocycles. The average molecular weight is 279 g/mol. The molecule has 0 saturated heterocycles. The van der Waals surface area contributed by atoms with Crippen molar-refractivity contribution in [3.05, 3.63) is 46.6 Å². The van der Waals surface area contributed by atoms with Crippen LogP contribution in [0, 0.1) is 6.92 Å². The monoisotopic (exact) mass is 278 g/mol. The first-order valence-corrected chi connectivity index (χ1v) is 5.60. The van der Waals surface area contributed by atoms with Gasteiger partial charge in [0.15, 0.2) is 0 Å². The van der Waals surface area contributed by atoms with Crippen molar-refractivity contribution in [2.75, 3.05) is 5.73 Å². The lowest BCUT2D eigenvalue weighted by Gasteiger charge is -2.08. The van der Waals surface area contributed by atoms with E-state index in [4.69, 9.17) is 10.5 Å². The fourth-order valence-electron chi connectivity index (χ4n) is 1.28. The quantitative estimate of drug-likeness (QED) is 0.914. The van der Waals surface area contributed by atoms with E-state index in [1.807, 2.05) is 25.1 Å². The van der Waals surface area contributed by atoms with Crippen LogP contribution in [-0.4, -0.2) is 4.98 Å². The van der Waals surface area contributed by atoms with Crippen molar-refractivity contribution in [2.45, 2.75) is 6.92 Å². The largest absolute Gasteiger partial charge is 0.439 e. The molecule has 0 aliphatic carbocycles. The van der Waals surface area contributed by atoms with E-state index >= 15 is 0 Å². The molecule has 4 heteroatoms. The van der Waals surface area contributed by atoms with Crippen molar-refractivity contribution in [2.24, 2.45) is 0 Å². The number of ether oxygens (including phenoxy) is 1. The minimum Gasteiger partial charge on any atom is -0.439 e. The first-order valence-electron chi connectivity index (χ1n) is 4.81. The third-order valence-corrected chi connectivity index (χ3v) is 2.62. The Morgan fingerprint density at radius 2 is 2.06 bits per heavy atom. The molecule has 16 heavy (non-hydrogen) atoms. The van der Waals surface area contributed by atoms with Gasteiger partial charge in [0, 0.05) is 22.4 Å². The number of hydrogen-bond acceptors (Lipinski definition) is 3.